The Morgan fingerprint density at radius 1 is 1.16 bits per heavy atom. The molecule has 0 aliphatic rings. The highest BCUT2D eigenvalue weighted by molar-refractivity contribution is 5.75. The van der Waals surface area contributed by atoms with Crippen LogP contribution in [0.1, 0.15) is 12.0 Å². The minimum absolute atomic E-state index is 0.0378. The first-order valence-electron chi connectivity index (χ1n) is 6.36. The Balaban J connectivity index is 1.65. The Bertz CT molecular complexity index is 505. The van der Waals surface area contributed by atoms with E-state index in [0.29, 0.717) is 19.5 Å². The Kier molecular flexibility index (Phi) is 4.72. The molecule has 1 aromatic carbocycles. The summed E-state index contributed by atoms with van der Waals surface area (Å²) in [6.07, 6.45) is 5.06. The molecule has 0 fully saturated rings. The fraction of sp³-hybridized carbons (Fsp3) is 0.267. The third-order valence-corrected chi connectivity index (χ3v) is 2.91. The van der Waals surface area contributed by atoms with Gasteiger partial charge in [0.2, 0.25) is 5.91 Å². The van der Waals surface area contributed by atoms with E-state index in [1.165, 1.54) is 12.1 Å². The Hall–Kier alpha value is -2.10. The number of carbonyl (C=O) groups is 1. The summed E-state index contributed by atoms with van der Waals surface area (Å²) in [7, 11) is 0. The summed E-state index contributed by atoms with van der Waals surface area (Å²) in [6, 6.07) is 10.2. The lowest BCUT2D eigenvalue weighted by atomic mass is 10.1. The van der Waals surface area contributed by atoms with E-state index in [1.807, 2.05) is 29.1 Å². The minimum atomic E-state index is -0.237. The Morgan fingerprint density at radius 2 is 1.84 bits per heavy atom. The van der Waals surface area contributed by atoms with Gasteiger partial charge in [0.15, 0.2) is 0 Å². The molecule has 2 aromatic rings. The van der Waals surface area contributed by atoms with Gasteiger partial charge in [-0.15, -0.1) is 0 Å². The van der Waals surface area contributed by atoms with Crippen molar-refractivity contribution in [3.05, 3.63) is 60.2 Å². The molecule has 3 nitrogen and oxygen atoms in total. The molecule has 19 heavy (non-hydrogen) atoms. The standard InChI is InChI=1S/C15H17FN2O/c16-14-5-3-13(4-6-14)7-9-17-15(19)8-12-18-10-1-2-11-18/h1-6,10-11H,7-9,12H2,(H,17,19). The normalized spacial score (nSPS) is 10.4. The predicted octanol–water partition coefficient (Wildman–Crippen LogP) is 2.38. The van der Waals surface area contributed by atoms with E-state index in [2.05, 4.69) is 5.32 Å². The molecular formula is C15H17FN2O. The molecule has 0 bridgehead atoms. The molecule has 100 valence electrons. The Labute approximate surface area is 112 Å². The monoisotopic (exact) mass is 260 g/mol. The third kappa shape index (κ3) is 4.58. The van der Waals surface area contributed by atoms with Crippen LogP contribution in [-0.4, -0.2) is 17.0 Å². The molecule has 2 rings (SSSR count). The number of hydrogen-bond donors (Lipinski definition) is 1. The van der Waals surface area contributed by atoms with Crippen molar-refractivity contribution in [3.8, 4) is 0 Å². The highest BCUT2D eigenvalue weighted by atomic mass is 19.1. The van der Waals surface area contributed by atoms with Gasteiger partial charge in [-0.3, -0.25) is 4.79 Å². The second-order valence-electron chi connectivity index (χ2n) is 4.40. The number of aromatic nitrogens is 1. The van der Waals surface area contributed by atoms with Crippen molar-refractivity contribution >= 4 is 5.91 Å². The maximum Gasteiger partial charge on any atom is 0.221 e. The van der Waals surface area contributed by atoms with Crippen LogP contribution in [0.25, 0.3) is 0 Å². The number of nitrogens with zero attached hydrogens (tertiary/aromatic N) is 1. The average Bonchev–Trinajstić information content (AvgIpc) is 2.92. The van der Waals surface area contributed by atoms with Gasteiger partial charge in [0.1, 0.15) is 5.82 Å². The van der Waals surface area contributed by atoms with Gasteiger partial charge in [-0.2, -0.15) is 0 Å². The lowest BCUT2D eigenvalue weighted by Gasteiger charge is -2.06. The maximum absolute atomic E-state index is 12.7. The van der Waals surface area contributed by atoms with E-state index in [4.69, 9.17) is 0 Å². The first-order chi connectivity index (χ1) is 9.24. The van der Waals surface area contributed by atoms with Crippen molar-refractivity contribution in [1.29, 1.82) is 0 Å². The van der Waals surface area contributed by atoms with Gasteiger partial charge in [0.05, 0.1) is 0 Å². The van der Waals surface area contributed by atoms with E-state index in [9.17, 15) is 9.18 Å². The fourth-order valence-electron chi connectivity index (χ4n) is 1.84. The van der Waals surface area contributed by atoms with Crippen LogP contribution in [0, 0.1) is 5.82 Å². The molecule has 1 aromatic heterocycles. The van der Waals surface area contributed by atoms with Crippen molar-refractivity contribution in [2.75, 3.05) is 6.54 Å². The molecule has 0 aliphatic heterocycles. The lowest BCUT2D eigenvalue weighted by Crippen LogP contribution is -2.26. The van der Waals surface area contributed by atoms with Gasteiger partial charge in [0.25, 0.3) is 0 Å². The molecule has 4 heteroatoms. The summed E-state index contributed by atoms with van der Waals surface area (Å²) < 4.78 is 14.7. The zero-order valence-corrected chi connectivity index (χ0v) is 10.7. The molecule has 0 spiro atoms. The van der Waals surface area contributed by atoms with Gasteiger partial charge in [0, 0.05) is 31.9 Å². The lowest BCUT2D eigenvalue weighted by molar-refractivity contribution is -0.121. The molecule has 1 amide bonds. The van der Waals surface area contributed by atoms with Gasteiger partial charge in [-0.05, 0) is 36.2 Å². The minimum Gasteiger partial charge on any atom is -0.356 e. The molecule has 0 unspecified atom stereocenters. The van der Waals surface area contributed by atoms with Crippen LogP contribution in [0.15, 0.2) is 48.8 Å². The molecular weight excluding hydrogens is 243 g/mol. The summed E-state index contributed by atoms with van der Waals surface area (Å²) in [4.78, 5) is 11.6. The number of benzene rings is 1. The summed E-state index contributed by atoms with van der Waals surface area (Å²) in [5.74, 6) is -0.199. The van der Waals surface area contributed by atoms with Gasteiger partial charge in [-0.25, -0.2) is 4.39 Å². The quantitative estimate of drug-likeness (QED) is 0.850. The highest BCUT2D eigenvalue weighted by Gasteiger charge is 2.01. The summed E-state index contributed by atoms with van der Waals surface area (Å²) in [6.45, 7) is 1.27. The highest BCUT2D eigenvalue weighted by Crippen LogP contribution is 2.02. The van der Waals surface area contributed by atoms with E-state index in [1.54, 1.807) is 12.1 Å². The van der Waals surface area contributed by atoms with Crippen molar-refractivity contribution in [2.24, 2.45) is 0 Å². The molecule has 0 saturated heterocycles. The van der Waals surface area contributed by atoms with Crippen molar-refractivity contribution in [1.82, 2.24) is 9.88 Å². The molecule has 1 N–H and O–H groups in total. The fourth-order valence-corrected chi connectivity index (χ4v) is 1.84. The van der Waals surface area contributed by atoms with E-state index < -0.39 is 0 Å². The molecule has 1 heterocycles. The second kappa shape index (κ2) is 6.73. The van der Waals surface area contributed by atoms with Gasteiger partial charge >= 0.3 is 0 Å². The van der Waals surface area contributed by atoms with E-state index in [0.717, 1.165) is 12.0 Å². The van der Waals surface area contributed by atoms with Crippen LogP contribution in [0.3, 0.4) is 0 Å². The molecule has 0 radical (unpaired) electrons. The Morgan fingerprint density at radius 3 is 2.53 bits per heavy atom. The van der Waals surface area contributed by atoms with Crippen LogP contribution in [0.4, 0.5) is 4.39 Å². The zero-order chi connectivity index (χ0) is 13.5. The summed E-state index contributed by atoms with van der Waals surface area (Å²) in [5, 5.41) is 2.86. The number of nitrogens with one attached hydrogen (secondary N) is 1. The molecule has 0 saturated carbocycles. The molecule has 0 atom stereocenters. The number of halogens is 1. The van der Waals surface area contributed by atoms with Crippen LogP contribution in [0.5, 0.6) is 0 Å². The summed E-state index contributed by atoms with van der Waals surface area (Å²) >= 11 is 0. The van der Waals surface area contributed by atoms with Crippen LogP contribution in [0.2, 0.25) is 0 Å². The number of amides is 1. The third-order valence-electron chi connectivity index (χ3n) is 2.91. The largest absolute Gasteiger partial charge is 0.356 e. The number of hydrogen-bond acceptors (Lipinski definition) is 1. The van der Waals surface area contributed by atoms with Gasteiger partial charge < -0.3 is 9.88 Å². The van der Waals surface area contributed by atoms with E-state index in [-0.39, 0.29) is 11.7 Å². The maximum atomic E-state index is 12.7. The number of aryl methyl sites for hydroxylation is 1. The van der Waals surface area contributed by atoms with Crippen LogP contribution >= 0.6 is 0 Å². The van der Waals surface area contributed by atoms with E-state index >= 15 is 0 Å². The second-order valence-corrected chi connectivity index (χ2v) is 4.40. The van der Waals surface area contributed by atoms with Crippen LogP contribution in [-0.2, 0) is 17.8 Å². The number of carbonyl (C=O) groups excluding carboxylic acids is 1. The van der Waals surface area contributed by atoms with Crippen molar-refractivity contribution in [3.63, 3.8) is 0 Å². The average molecular weight is 260 g/mol. The SMILES string of the molecule is O=C(CCn1cccc1)NCCc1ccc(F)cc1. The first kappa shape index (κ1) is 13.3. The summed E-state index contributed by atoms with van der Waals surface area (Å²) in [5.41, 5.74) is 1.02. The van der Waals surface area contributed by atoms with Crippen molar-refractivity contribution < 1.29 is 9.18 Å². The van der Waals surface area contributed by atoms with Crippen LogP contribution < -0.4 is 5.32 Å². The zero-order valence-electron chi connectivity index (χ0n) is 10.7. The topological polar surface area (TPSA) is 34.0 Å². The molecule has 0 aliphatic carbocycles. The predicted molar refractivity (Wildman–Crippen MR) is 72.2 cm³/mol. The smallest absolute Gasteiger partial charge is 0.221 e. The van der Waals surface area contributed by atoms with Crippen molar-refractivity contribution in [2.45, 2.75) is 19.4 Å². The van der Waals surface area contributed by atoms with Gasteiger partial charge in [-0.1, -0.05) is 12.1 Å². The number of rotatable bonds is 6. The first-order valence-corrected chi connectivity index (χ1v) is 6.36.